The number of hydrogen-bond acceptors (Lipinski definition) is 6. The van der Waals surface area contributed by atoms with Crippen LogP contribution in [0.25, 0.3) is 21.5 Å². The summed E-state index contributed by atoms with van der Waals surface area (Å²) in [6.07, 6.45) is 0. The molecule has 3 heterocycles. The summed E-state index contributed by atoms with van der Waals surface area (Å²) in [6, 6.07) is 8.80. The number of aromatic nitrogens is 2. The summed E-state index contributed by atoms with van der Waals surface area (Å²) in [7, 11) is 0. The van der Waals surface area contributed by atoms with Crippen LogP contribution >= 0.6 is 34.3 Å². The molecule has 8 heteroatoms. The molecule has 0 spiro atoms. The number of halogens is 1. The monoisotopic (exact) mass is 361 g/mol. The Kier molecular flexibility index (Phi) is 3.60. The molecular formula is C15H8ClN3O2S2. The Balaban J connectivity index is 1.57. The molecule has 0 radical (unpaired) electrons. The van der Waals surface area contributed by atoms with Crippen molar-refractivity contribution in [1.29, 1.82) is 0 Å². The molecule has 0 saturated carbocycles. The second-order valence-electron chi connectivity index (χ2n) is 4.67. The zero-order valence-corrected chi connectivity index (χ0v) is 13.8. The van der Waals surface area contributed by atoms with E-state index in [1.807, 2.05) is 16.8 Å². The highest BCUT2D eigenvalue weighted by molar-refractivity contribution is 7.19. The largest absolute Gasteiger partial charge is 0.451 e. The van der Waals surface area contributed by atoms with Gasteiger partial charge in [0.05, 0.1) is 0 Å². The molecule has 23 heavy (non-hydrogen) atoms. The fraction of sp³-hybridized carbons (Fsp3) is 0. The average molecular weight is 362 g/mol. The maximum Gasteiger partial charge on any atom is 0.293 e. The molecule has 0 bridgehead atoms. The van der Waals surface area contributed by atoms with E-state index in [4.69, 9.17) is 16.0 Å². The van der Waals surface area contributed by atoms with Crippen molar-refractivity contribution in [3.8, 4) is 10.6 Å². The SMILES string of the molecule is O=C(Nc1nnc(-c2ccsc2)s1)c1cc2cc(Cl)ccc2o1. The molecular weight excluding hydrogens is 354 g/mol. The van der Waals surface area contributed by atoms with Gasteiger partial charge in [-0.05, 0) is 35.7 Å². The minimum Gasteiger partial charge on any atom is -0.451 e. The highest BCUT2D eigenvalue weighted by Crippen LogP contribution is 2.29. The molecule has 0 aliphatic rings. The Morgan fingerprint density at radius 2 is 2.13 bits per heavy atom. The number of nitrogens with zero attached hydrogens (tertiary/aromatic N) is 2. The summed E-state index contributed by atoms with van der Waals surface area (Å²) in [5.74, 6) is -0.167. The van der Waals surface area contributed by atoms with E-state index < -0.39 is 0 Å². The smallest absolute Gasteiger partial charge is 0.293 e. The third kappa shape index (κ3) is 2.86. The van der Waals surface area contributed by atoms with E-state index in [0.29, 0.717) is 15.7 Å². The van der Waals surface area contributed by atoms with E-state index in [1.165, 1.54) is 11.3 Å². The molecule has 114 valence electrons. The van der Waals surface area contributed by atoms with E-state index in [9.17, 15) is 4.79 Å². The number of anilines is 1. The minimum atomic E-state index is -0.370. The van der Waals surface area contributed by atoms with Gasteiger partial charge in [-0.3, -0.25) is 10.1 Å². The van der Waals surface area contributed by atoms with Crippen LogP contribution in [0.5, 0.6) is 0 Å². The Morgan fingerprint density at radius 1 is 1.22 bits per heavy atom. The van der Waals surface area contributed by atoms with Crippen LogP contribution in [-0.4, -0.2) is 16.1 Å². The Labute approximate surface area is 143 Å². The molecule has 0 atom stereocenters. The van der Waals surface area contributed by atoms with Crippen molar-refractivity contribution in [1.82, 2.24) is 10.2 Å². The topological polar surface area (TPSA) is 68.0 Å². The first kappa shape index (κ1) is 14.4. The fourth-order valence-electron chi connectivity index (χ4n) is 2.06. The number of rotatable bonds is 3. The zero-order chi connectivity index (χ0) is 15.8. The standard InChI is InChI=1S/C15H8ClN3O2S2/c16-10-1-2-11-9(5-10)6-12(21-11)13(20)17-15-19-18-14(23-15)8-3-4-22-7-8/h1-7H,(H,17,19,20). The summed E-state index contributed by atoms with van der Waals surface area (Å²) in [5, 5.41) is 17.3. The van der Waals surface area contributed by atoms with Crippen LogP contribution in [0.2, 0.25) is 5.02 Å². The van der Waals surface area contributed by atoms with Crippen LogP contribution in [0.1, 0.15) is 10.6 Å². The number of carbonyl (C=O) groups is 1. The van der Waals surface area contributed by atoms with Crippen molar-refractivity contribution in [2.24, 2.45) is 0 Å². The summed E-state index contributed by atoms with van der Waals surface area (Å²) < 4.78 is 5.52. The minimum absolute atomic E-state index is 0.203. The molecule has 3 aromatic heterocycles. The Morgan fingerprint density at radius 3 is 2.96 bits per heavy atom. The van der Waals surface area contributed by atoms with Gasteiger partial charge in [0.1, 0.15) is 10.6 Å². The van der Waals surface area contributed by atoms with Crippen molar-refractivity contribution in [3.05, 3.63) is 51.9 Å². The number of hydrogen-bond donors (Lipinski definition) is 1. The summed E-state index contributed by atoms with van der Waals surface area (Å²) in [6.45, 7) is 0. The first-order chi connectivity index (χ1) is 11.2. The van der Waals surface area contributed by atoms with Crippen molar-refractivity contribution < 1.29 is 9.21 Å². The molecule has 0 aliphatic heterocycles. The van der Waals surface area contributed by atoms with Gasteiger partial charge in [0.25, 0.3) is 5.91 Å². The van der Waals surface area contributed by atoms with Crippen LogP contribution in [0.4, 0.5) is 5.13 Å². The van der Waals surface area contributed by atoms with Gasteiger partial charge in [-0.25, -0.2) is 0 Å². The van der Waals surface area contributed by atoms with E-state index >= 15 is 0 Å². The fourth-order valence-corrected chi connectivity index (χ4v) is 3.69. The average Bonchev–Trinajstić information content (AvgIpc) is 3.26. The van der Waals surface area contributed by atoms with E-state index in [2.05, 4.69) is 15.5 Å². The van der Waals surface area contributed by atoms with Crippen molar-refractivity contribution in [2.45, 2.75) is 0 Å². The third-order valence-electron chi connectivity index (χ3n) is 3.12. The predicted octanol–water partition coefficient (Wildman–Crippen LogP) is 4.92. The summed E-state index contributed by atoms with van der Waals surface area (Å²) in [4.78, 5) is 12.3. The molecule has 1 amide bonds. The molecule has 0 fully saturated rings. The van der Waals surface area contributed by atoms with E-state index in [-0.39, 0.29) is 11.7 Å². The van der Waals surface area contributed by atoms with Gasteiger partial charge >= 0.3 is 0 Å². The number of nitrogens with one attached hydrogen (secondary N) is 1. The van der Waals surface area contributed by atoms with Crippen LogP contribution in [-0.2, 0) is 0 Å². The maximum atomic E-state index is 12.3. The number of thiophene rings is 1. The molecule has 5 nitrogen and oxygen atoms in total. The van der Waals surface area contributed by atoms with Crippen LogP contribution in [0, 0.1) is 0 Å². The van der Waals surface area contributed by atoms with Crippen LogP contribution in [0.3, 0.4) is 0 Å². The van der Waals surface area contributed by atoms with Crippen molar-refractivity contribution in [3.63, 3.8) is 0 Å². The van der Waals surface area contributed by atoms with Crippen molar-refractivity contribution >= 4 is 56.3 Å². The second kappa shape index (κ2) is 5.77. The van der Waals surface area contributed by atoms with Crippen molar-refractivity contribution in [2.75, 3.05) is 5.32 Å². The van der Waals surface area contributed by atoms with Gasteiger partial charge < -0.3 is 4.42 Å². The number of amides is 1. The highest BCUT2D eigenvalue weighted by Gasteiger charge is 2.15. The first-order valence-corrected chi connectivity index (χ1v) is 8.69. The lowest BCUT2D eigenvalue weighted by atomic mass is 10.2. The van der Waals surface area contributed by atoms with Gasteiger partial charge in [-0.1, -0.05) is 22.9 Å². The Bertz CT molecular complexity index is 991. The molecule has 1 aromatic carbocycles. The molecule has 4 rings (SSSR count). The number of benzene rings is 1. The quantitative estimate of drug-likeness (QED) is 0.562. The first-order valence-electron chi connectivity index (χ1n) is 6.55. The zero-order valence-electron chi connectivity index (χ0n) is 11.4. The molecule has 1 N–H and O–H groups in total. The third-order valence-corrected chi connectivity index (χ3v) is 4.92. The van der Waals surface area contributed by atoms with Gasteiger partial charge in [0.15, 0.2) is 5.76 Å². The normalized spacial score (nSPS) is 11.0. The second-order valence-corrected chi connectivity index (χ2v) is 6.87. The Hall–Kier alpha value is -2.22. The molecule has 4 aromatic rings. The van der Waals surface area contributed by atoms with Gasteiger partial charge in [-0.15, -0.1) is 10.2 Å². The number of fused-ring (bicyclic) bond motifs is 1. The molecule has 0 saturated heterocycles. The van der Waals surface area contributed by atoms with Crippen LogP contribution in [0.15, 0.2) is 45.5 Å². The lowest BCUT2D eigenvalue weighted by molar-refractivity contribution is 0.0998. The number of furan rings is 1. The predicted molar refractivity (Wildman–Crippen MR) is 92.4 cm³/mol. The highest BCUT2D eigenvalue weighted by atomic mass is 35.5. The summed E-state index contributed by atoms with van der Waals surface area (Å²) >= 11 is 8.83. The van der Waals surface area contributed by atoms with E-state index in [0.717, 1.165) is 16.0 Å². The van der Waals surface area contributed by atoms with E-state index in [1.54, 1.807) is 35.6 Å². The molecule has 0 unspecified atom stereocenters. The van der Waals surface area contributed by atoms with Gasteiger partial charge in [0.2, 0.25) is 5.13 Å². The summed E-state index contributed by atoms with van der Waals surface area (Å²) in [5.41, 5.74) is 1.60. The maximum absolute atomic E-state index is 12.3. The van der Waals surface area contributed by atoms with Gasteiger partial charge in [-0.2, -0.15) is 11.3 Å². The lowest BCUT2D eigenvalue weighted by Gasteiger charge is -1.95. The molecule has 0 aliphatic carbocycles. The lowest BCUT2D eigenvalue weighted by Crippen LogP contribution is -2.10. The van der Waals surface area contributed by atoms with Gasteiger partial charge in [0, 0.05) is 21.4 Å². The van der Waals surface area contributed by atoms with Crippen LogP contribution < -0.4 is 5.32 Å². The number of carbonyl (C=O) groups excluding carboxylic acids is 1.